The molecule has 0 radical (unpaired) electrons. The fourth-order valence-electron chi connectivity index (χ4n) is 3.46. The molecule has 0 bridgehead atoms. The molecule has 1 aliphatic heterocycles. The molecule has 0 saturated carbocycles. The minimum atomic E-state index is 0.0949. The van der Waals surface area contributed by atoms with Crippen LogP contribution in [0.25, 0.3) is 0 Å². The smallest absolute Gasteiger partial charge is 0.221 e. The van der Waals surface area contributed by atoms with Crippen LogP contribution in [0.1, 0.15) is 31.7 Å². The number of nitrogens with zero attached hydrogens (tertiary/aromatic N) is 1. The lowest BCUT2D eigenvalue weighted by molar-refractivity contribution is -0.120. The molecule has 1 saturated heterocycles. The van der Waals surface area contributed by atoms with Gasteiger partial charge in [-0.05, 0) is 55.0 Å². The summed E-state index contributed by atoms with van der Waals surface area (Å²) in [7, 11) is 0. The third-order valence-electron chi connectivity index (χ3n) is 5.28. The van der Waals surface area contributed by atoms with E-state index in [0.29, 0.717) is 19.5 Å². The van der Waals surface area contributed by atoms with E-state index < -0.39 is 0 Å². The van der Waals surface area contributed by atoms with Gasteiger partial charge < -0.3 is 15.5 Å². The van der Waals surface area contributed by atoms with Crippen LogP contribution in [-0.2, 0) is 11.2 Å². The molecule has 1 fully saturated rings. The van der Waals surface area contributed by atoms with Crippen LogP contribution in [0.15, 0.2) is 54.6 Å². The summed E-state index contributed by atoms with van der Waals surface area (Å²) in [6.45, 7) is 5.97. The summed E-state index contributed by atoms with van der Waals surface area (Å²) >= 11 is 0. The maximum atomic E-state index is 12.0. The Morgan fingerprint density at radius 1 is 1.00 bits per heavy atom. The Balaban J connectivity index is 1.33. The standard InChI is InChI=1S/C23H31N3O/c1-19-13-17-26(18-14-19)22-9-7-21(8-10-22)24-16-12-23(27)25-15-11-20-5-3-2-4-6-20/h2-10,19,24H,11-18H2,1H3,(H,25,27). The first-order chi connectivity index (χ1) is 13.2. The number of carbonyl (C=O) groups is 1. The lowest BCUT2D eigenvalue weighted by Gasteiger charge is -2.32. The topological polar surface area (TPSA) is 44.4 Å². The number of nitrogens with one attached hydrogen (secondary N) is 2. The van der Waals surface area contributed by atoms with E-state index in [1.165, 1.54) is 24.1 Å². The van der Waals surface area contributed by atoms with Crippen LogP contribution in [0, 0.1) is 5.92 Å². The van der Waals surface area contributed by atoms with Gasteiger partial charge in [-0.15, -0.1) is 0 Å². The number of rotatable bonds is 8. The number of amides is 1. The van der Waals surface area contributed by atoms with Gasteiger partial charge in [-0.1, -0.05) is 37.3 Å². The maximum absolute atomic E-state index is 12.0. The van der Waals surface area contributed by atoms with Gasteiger partial charge in [0, 0.05) is 44.0 Å². The highest BCUT2D eigenvalue weighted by atomic mass is 16.1. The molecule has 0 aliphatic carbocycles. The third kappa shape index (κ3) is 6.31. The molecule has 27 heavy (non-hydrogen) atoms. The van der Waals surface area contributed by atoms with Gasteiger partial charge in [-0.2, -0.15) is 0 Å². The normalized spacial score (nSPS) is 14.8. The highest BCUT2D eigenvalue weighted by Gasteiger charge is 2.15. The number of hydrogen-bond donors (Lipinski definition) is 2. The highest BCUT2D eigenvalue weighted by Crippen LogP contribution is 2.24. The Labute approximate surface area is 163 Å². The van der Waals surface area contributed by atoms with E-state index in [1.807, 2.05) is 18.2 Å². The molecule has 0 unspecified atom stereocenters. The third-order valence-corrected chi connectivity index (χ3v) is 5.28. The van der Waals surface area contributed by atoms with Crippen molar-refractivity contribution in [1.29, 1.82) is 0 Å². The zero-order valence-electron chi connectivity index (χ0n) is 16.3. The van der Waals surface area contributed by atoms with E-state index in [4.69, 9.17) is 0 Å². The van der Waals surface area contributed by atoms with Gasteiger partial charge in [0.15, 0.2) is 0 Å². The molecule has 1 heterocycles. The van der Waals surface area contributed by atoms with E-state index in [1.54, 1.807) is 0 Å². The van der Waals surface area contributed by atoms with Crippen LogP contribution in [0.5, 0.6) is 0 Å². The number of anilines is 2. The van der Waals surface area contributed by atoms with Crippen LogP contribution < -0.4 is 15.5 Å². The molecule has 0 atom stereocenters. The van der Waals surface area contributed by atoms with Crippen molar-refractivity contribution in [2.24, 2.45) is 5.92 Å². The molecule has 144 valence electrons. The monoisotopic (exact) mass is 365 g/mol. The first-order valence-corrected chi connectivity index (χ1v) is 10.1. The van der Waals surface area contributed by atoms with Crippen molar-refractivity contribution in [2.45, 2.75) is 32.6 Å². The van der Waals surface area contributed by atoms with Crippen LogP contribution in [0.4, 0.5) is 11.4 Å². The molecule has 4 nitrogen and oxygen atoms in total. The van der Waals surface area contributed by atoms with Crippen LogP contribution in [0.2, 0.25) is 0 Å². The Hall–Kier alpha value is -2.49. The van der Waals surface area contributed by atoms with Crippen molar-refractivity contribution in [2.75, 3.05) is 36.4 Å². The Morgan fingerprint density at radius 2 is 1.70 bits per heavy atom. The van der Waals surface area contributed by atoms with Crippen molar-refractivity contribution in [1.82, 2.24) is 5.32 Å². The molecule has 3 rings (SSSR count). The van der Waals surface area contributed by atoms with Gasteiger partial charge >= 0.3 is 0 Å². The number of piperidine rings is 1. The Bertz CT molecular complexity index is 691. The summed E-state index contributed by atoms with van der Waals surface area (Å²) in [5, 5.41) is 6.33. The highest BCUT2D eigenvalue weighted by molar-refractivity contribution is 5.76. The van der Waals surface area contributed by atoms with Crippen molar-refractivity contribution >= 4 is 17.3 Å². The van der Waals surface area contributed by atoms with Gasteiger partial charge in [-0.3, -0.25) is 4.79 Å². The van der Waals surface area contributed by atoms with Crippen molar-refractivity contribution in [3.05, 3.63) is 60.2 Å². The molecular formula is C23H31N3O. The van der Waals surface area contributed by atoms with E-state index in [-0.39, 0.29) is 5.91 Å². The molecule has 4 heteroatoms. The quantitative estimate of drug-likeness (QED) is 0.741. The van der Waals surface area contributed by atoms with E-state index >= 15 is 0 Å². The molecule has 0 spiro atoms. The minimum Gasteiger partial charge on any atom is -0.385 e. The largest absolute Gasteiger partial charge is 0.385 e. The summed E-state index contributed by atoms with van der Waals surface area (Å²) in [6.07, 6.45) is 3.91. The zero-order valence-corrected chi connectivity index (χ0v) is 16.3. The second kappa shape index (κ2) is 10.0. The summed E-state index contributed by atoms with van der Waals surface area (Å²) in [6, 6.07) is 18.8. The molecule has 0 aromatic heterocycles. The number of hydrogen-bond acceptors (Lipinski definition) is 3. The van der Waals surface area contributed by atoms with Crippen molar-refractivity contribution in [3.63, 3.8) is 0 Å². The van der Waals surface area contributed by atoms with E-state index in [9.17, 15) is 4.79 Å². The summed E-state index contributed by atoms with van der Waals surface area (Å²) in [5.74, 6) is 0.943. The summed E-state index contributed by atoms with van der Waals surface area (Å²) in [5.41, 5.74) is 3.62. The SMILES string of the molecule is CC1CCN(c2ccc(NCCC(=O)NCCc3ccccc3)cc2)CC1. The van der Waals surface area contributed by atoms with Crippen LogP contribution >= 0.6 is 0 Å². The Morgan fingerprint density at radius 3 is 2.41 bits per heavy atom. The lowest BCUT2D eigenvalue weighted by Crippen LogP contribution is -2.32. The van der Waals surface area contributed by atoms with Gasteiger partial charge in [0.2, 0.25) is 5.91 Å². The van der Waals surface area contributed by atoms with Crippen LogP contribution in [-0.4, -0.2) is 32.1 Å². The second-order valence-corrected chi connectivity index (χ2v) is 7.48. The van der Waals surface area contributed by atoms with Crippen LogP contribution in [0.3, 0.4) is 0 Å². The van der Waals surface area contributed by atoms with E-state index in [2.05, 4.69) is 58.9 Å². The molecule has 1 amide bonds. The summed E-state index contributed by atoms with van der Waals surface area (Å²) < 4.78 is 0. The zero-order chi connectivity index (χ0) is 18.9. The lowest BCUT2D eigenvalue weighted by atomic mass is 9.99. The number of carbonyl (C=O) groups excluding carboxylic acids is 1. The van der Waals surface area contributed by atoms with Gasteiger partial charge in [0.25, 0.3) is 0 Å². The van der Waals surface area contributed by atoms with Gasteiger partial charge in [0.1, 0.15) is 0 Å². The van der Waals surface area contributed by atoms with Gasteiger partial charge in [-0.25, -0.2) is 0 Å². The fraction of sp³-hybridized carbons (Fsp3) is 0.435. The van der Waals surface area contributed by atoms with Crippen molar-refractivity contribution < 1.29 is 4.79 Å². The molecule has 2 N–H and O–H groups in total. The molecule has 2 aromatic rings. The predicted molar refractivity (Wildman–Crippen MR) is 113 cm³/mol. The fourth-order valence-corrected chi connectivity index (χ4v) is 3.46. The minimum absolute atomic E-state index is 0.0949. The molecule has 1 aliphatic rings. The number of benzene rings is 2. The molecule has 2 aromatic carbocycles. The predicted octanol–water partition coefficient (Wildman–Crippen LogP) is 4.08. The first kappa shape index (κ1) is 19.3. The average Bonchev–Trinajstić information content (AvgIpc) is 2.70. The second-order valence-electron chi connectivity index (χ2n) is 7.48. The summed E-state index contributed by atoms with van der Waals surface area (Å²) in [4.78, 5) is 14.4. The first-order valence-electron chi connectivity index (χ1n) is 10.1. The van der Waals surface area contributed by atoms with Crippen molar-refractivity contribution in [3.8, 4) is 0 Å². The van der Waals surface area contributed by atoms with E-state index in [0.717, 1.165) is 31.1 Å². The Kier molecular flexibility index (Phi) is 7.14. The van der Waals surface area contributed by atoms with Gasteiger partial charge in [0.05, 0.1) is 0 Å². The average molecular weight is 366 g/mol. The maximum Gasteiger partial charge on any atom is 0.221 e. The molecular weight excluding hydrogens is 334 g/mol.